The molecule has 0 radical (unpaired) electrons. The van der Waals surface area contributed by atoms with Crippen LogP contribution in [0.2, 0.25) is 0 Å². The van der Waals surface area contributed by atoms with Crippen LogP contribution in [0.1, 0.15) is 40.0 Å². The Morgan fingerprint density at radius 2 is 2.06 bits per heavy atom. The summed E-state index contributed by atoms with van der Waals surface area (Å²) in [5, 5.41) is 14.2. The number of rotatable bonds is 9. The highest BCUT2D eigenvalue weighted by Gasteiger charge is 2.18. The lowest BCUT2D eigenvalue weighted by molar-refractivity contribution is 0.000338. The van der Waals surface area contributed by atoms with Gasteiger partial charge in [-0.1, -0.05) is 12.0 Å². The van der Waals surface area contributed by atoms with Gasteiger partial charge in [-0.25, -0.2) is 0 Å². The lowest BCUT2D eigenvalue weighted by Crippen LogP contribution is -2.33. The molecular weight excluding hydrogens is 232 g/mol. The molecule has 1 rings (SSSR count). The molecule has 0 spiro atoms. The smallest absolute Gasteiger partial charge is 0.315 e. The number of nitrogens with zero attached hydrogens (tertiary/aromatic N) is 2. The third-order valence-corrected chi connectivity index (χ3v) is 2.37. The van der Waals surface area contributed by atoms with Crippen LogP contribution in [-0.4, -0.2) is 35.5 Å². The van der Waals surface area contributed by atoms with Crippen LogP contribution in [0.4, 0.5) is 6.01 Å². The molecule has 0 aliphatic rings. The van der Waals surface area contributed by atoms with Crippen LogP contribution in [0.15, 0.2) is 4.42 Å². The van der Waals surface area contributed by atoms with E-state index >= 15 is 0 Å². The molecule has 1 aromatic rings. The first-order valence-electron chi connectivity index (χ1n) is 6.48. The zero-order valence-corrected chi connectivity index (χ0v) is 11.7. The maximum absolute atomic E-state index is 5.57. The summed E-state index contributed by atoms with van der Waals surface area (Å²) in [6.45, 7) is 11.0. The number of anilines is 1. The monoisotopic (exact) mass is 256 g/mol. The maximum atomic E-state index is 5.57. The molecule has 0 saturated heterocycles. The van der Waals surface area contributed by atoms with Gasteiger partial charge in [0.15, 0.2) is 0 Å². The molecule has 0 aliphatic carbocycles. The zero-order valence-electron chi connectivity index (χ0n) is 11.7. The molecule has 6 nitrogen and oxygen atoms in total. The van der Waals surface area contributed by atoms with Gasteiger partial charge in [0.25, 0.3) is 0 Å². The fourth-order valence-corrected chi connectivity index (χ4v) is 1.50. The first kappa shape index (κ1) is 14.9. The topological polar surface area (TPSA) is 72.2 Å². The SMILES string of the molecule is CCCNCc1nnc(NCC(C)(C)OCC)o1. The van der Waals surface area contributed by atoms with Crippen LogP contribution in [0.25, 0.3) is 0 Å². The summed E-state index contributed by atoms with van der Waals surface area (Å²) in [6, 6.07) is 0.441. The van der Waals surface area contributed by atoms with E-state index in [0.29, 0.717) is 31.6 Å². The average molecular weight is 256 g/mol. The largest absolute Gasteiger partial charge is 0.407 e. The van der Waals surface area contributed by atoms with Crippen molar-refractivity contribution in [2.45, 2.75) is 46.3 Å². The molecule has 0 fully saturated rings. The maximum Gasteiger partial charge on any atom is 0.315 e. The van der Waals surface area contributed by atoms with Crippen LogP contribution >= 0.6 is 0 Å². The van der Waals surface area contributed by atoms with Crippen molar-refractivity contribution < 1.29 is 9.15 Å². The van der Waals surface area contributed by atoms with E-state index in [9.17, 15) is 0 Å². The molecule has 0 atom stereocenters. The lowest BCUT2D eigenvalue weighted by atomic mass is 10.1. The molecule has 104 valence electrons. The number of hydrogen-bond acceptors (Lipinski definition) is 6. The standard InChI is InChI=1S/C12H24N4O2/c1-5-7-13-8-10-15-16-11(18-10)14-9-12(3,4)17-6-2/h13H,5-9H2,1-4H3,(H,14,16). The van der Waals surface area contributed by atoms with E-state index in [2.05, 4.69) is 27.8 Å². The van der Waals surface area contributed by atoms with Crippen molar-refractivity contribution >= 4 is 6.01 Å². The minimum Gasteiger partial charge on any atom is -0.407 e. The zero-order chi connectivity index (χ0) is 13.4. The number of aromatic nitrogens is 2. The Morgan fingerprint density at radius 1 is 1.28 bits per heavy atom. The highest BCUT2D eigenvalue weighted by Crippen LogP contribution is 2.11. The van der Waals surface area contributed by atoms with Crippen LogP contribution in [0.5, 0.6) is 0 Å². The summed E-state index contributed by atoms with van der Waals surface area (Å²) in [5.74, 6) is 0.597. The number of nitrogens with one attached hydrogen (secondary N) is 2. The molecule has 0 amide bonds. The van der Waals surface area contributed by atoms with Gasteiger partial charge in [-0.3, -0.25) is 0 Å². The normalized spacial score (nSPS) is 11.8. The van der Waals surface area contributed by atoms with Gasteiger partial charge in [-0.2, -0.15) is 0 Å². The third kappa shape index (κ3) is 5.46. The van der Waals surface area contributed by atoms with E-state index in [1.54, 1.807) is 0 Å². The predicted octanol–water partition coefficient (Wildman–Crippen LogP) is 1.80. The molecule has 0 bridgehead atoms. The summed E-state index contributed by atoms with van der Waals surface area (Å²) in [4.78, 5) is 0. The Bertz CT molecular complexity index is 339. The van der Waals surface area contributed by atoms with Gasteiger partial charge in [0.05, 0.1) is 12.1 Å². The Labute approximate surface area is 108 Å². The summed E-state index contributed by atoms with van der Waals surface area (Å²) in [7, 11) is 0. The summed E-state index contributed by atoms with van der Waals surface area (Å²) < 4.78 is 11.0. The van der Waals surface area contributed by atoms with E-state index in [0.717, 1.165) is 13.0 Å². The Kier molecular flexibility index (Phi) is 6.07. The molecule has 2 N–H and O–H groups in total. The van der Waals surface area contributed by atoms with Crippen LogP contribution in [0, 0.1) is 0 Å². The van der Waals surface area contributed by atoms with E-state index < -0.39 is 0 Å². The molecule has 6 heteroatoms. The molecule has 0 unspecified atom stereocenters. The minimum atomic E-state index is -0.246. The molecule has 0 saturated carbocycles. The van der Waals surface area contributed by atoms with Gasteiger partial charge in [0, 0.05) is 13.2 Å². The number of hydrogen-bond donors (Lipinski definition) is 2. The Morgan fingerprint density at radius 3 is 2.72 bits per heavy atom. The Hall–Kier alpha value is -1.14. The van der Waals surface area contributed by atoms with Crippen molar-refractivity contribution in [3.63, 3.8) is 0 Å². The lowest BCUT2D eigenvalue weighted by Gasteiger charge is -2.24. The quantitative estimate of drug-likeness (QED) is 0.656. The highest BCUT2D eigenvalue weighted by atomic mass is 16.5. The van der Waals surface area contributed by atoms with Gasteiger partial charge in [0.2, 0.25) is 5.89 Å². The third-order valence-electron chi connectivity index (χ3n) is 2.37. The van der Waals surface area contributed by atoms with E-state index in [-0.39, 0.29) is 5.60 Å². The summed E-state index contributed by atoms with van der Waals surface area (Å²) in [6.07, 6.45) is 1.09. The average Bonchev–Trinajstić information content (AvgIpc) is 2.75. The van der Waals surface area contributed by atoms with E-state index in [1.807, 2.05) is 20.8 Å². The van der Waals surface area contributed by atoms with Gasteiger partial charge < -0.3 is 19.8 Å². The molecular formula is C12H24N4O2. The van der Waals surface area contributed by atoms with Crippen LogP contribution in [-0.2, 0) is 11.3 Å². The van der Waals surface area contributed by atoms with Gasteiger partial charge in [-0.05, 0) is 33.7 Å². The predicted molar refractivity (Wildman–Crippen MR) is 70.5 cm³/mol. The van der Waals surface area contributed by atoms with Crippen LogP contribution < -0.4 is 10.6 Å². The fraction of sp³-hybridized carbons (Fsp3) is 0.833. The second-order valence-corrected chi connectivity index (χ2v) is 4.72. The first-order chi connectivity index (χ1) is 8.57. The molecule has 0 aliphatic heterocycles. The molecule has 0 aromatic carbocycles. The van der Waals surface area contributed by atoms with Gasteiger partial charge in [-0.15, -0.1) is 5.10 Å². The van der Waals surface area contributed by atoms with Crippen molar-refractivity contribution in [1.82, 2.24) is 15.5 Å². The minimum absolute atomic E-state index is 0.246. The summed E-state index contributed by atoms with van der Waals surface area (Å²) in [5.41, 5.74) is -0.246. The van der Waals surface area contributed by atoms with Crippen molar-refractivity contribution in [2.75, 3.05) is 25.0 Å². The van der Waals surface area contributed by atoms with Gasteiger partial charge >= 0.3 is 6.01 Å². The fourth-order valence-electron chi connectivity index (χ4n) is 1.50. The van der Waals surface area contributed by atoms with Crippen molar-refractivity contribution in [1.29, 1.82) is 0 Å². The van der Waals surface area contributed by atoms with Gasteiger partial charge in [0.1, 0.15) is 0 Å². The molecule has 1 heterocycles. The first-order valence-corrected chi connectivity index (χ1v) is 6.48. The van der Waals surface area contributed by atoms with E-state index in [1.165, 1.54) is 0 Å². The van der Waals surface area contributed by atoms with Crippen molar-refractivity contribution in [3.8, 4) is 0 Å². The summed E-state index contributed by atoms with van der Waals surface area (Å²) >= 11 is 0. The number of ether oxygens (including phenoxy) is 1. The second-order valence-electron chi connectivity index (χ2n) is 4.72. The second kappa shape index (κ2) is 7.33. The highest BCUT2D eigenvalue weighted by molar-refractivity contribution is 5.17. The Balaban J connectivity index is 2.35. The van der Waals surface area contributed by atoms with Crippen molar-refractivity contribution in [2.24, 2.45) is 0 Å². The van der Waals surface area contributed by atoms with Crippen molar-refractivity contribution in [3.05, 3.63) is 5.89 Å². The van der Waals surface area contributed by atoms with Crippen LogP contribution in [0.3, 0.4) is 0 Å². The molecule has 18 heavy (non-hydrogen) atoms. The molecule has 1 aromatic heterocycles. The van der Waals surface area contributed by atoms with E-state index in [4.69, 9.17) is 9.15 Å².